The third kappa shape index (κ3) is 3.98. The number of nitrogens with one attached hydrogen (secondary N) is 3. The fourth-order valence-electron chi connectivity index (χ4n) is 1.68. The zero-order chi connectivity index (χ0) is 13.9. The summed E-state index contributed by atoms with van der Waals surface area (Å²) in [6.07, 6.45) is 1.66. The fraction of sp³-hybridized carbons (Fsp3) is 0.429. The SMILES string of the molecule is CC(C)(C)CNC(=O)NCc1ccc2nc[nH]c2c1. The van der Waals surface area contributed by atoms with E-state index in [-0.39, 0.29) is 11.4 Å². The maximum Gasteiger partial charge on any atom is 0.315 e. The maximum absolute atomic E-state index is 11.6. The molecule has 1 heterocycles. The lowest BCUT2D eigenvalue weighted by molar-refractivity contribution is 0.235. The average Bonchev–Trinajstić information content (AvgIpc) is 2.80. The Balaban J connectivity index is 1.86. The highest BCUT2D eigenvalue weighted by atomic mass is 16.2. The van der Waals surface area contributed by atoms with Crippen LogP contribution in [-0.2, 0) is 6.54 Å². The molecule has 0 unspecified atom stereocenters. The summed E-state index contributed by atoms with van der Waals surface area (Å²) in [5, 5.41) is 5.70. The van der Waals surface area contributed by atoms with E-state index in [1.165, 1.54) is 0 Å². The average molecular weight is 260 g/mol. The van der Waals surface area contributed by atoms with Gasteiger partial charge in [0, 0.05) is 13.1 Å². The zero-order valence-corrected chi connectivity index (χ0v) is 11.6. The van der Waals surface area contributed by atoms with E-state index in [1.807, 2.05) is 18.2 Å². The molecular formula is C14H20N4O. The minimum atomic E-state index is -0.139. The molecule has 0 saturated heterocycles. The lowest BCUT2D eigenvalue weighted by Gasteiger charge is -2.18. The third-order valence-corrected chi connectivity index (χ3v) is 2.72. The van der Waals surface area contributed by atoms with Crippen molar-refractivity contribution in [2.24, 2.45) is 5.41 Å². The van der Waals surface area contributed by atoms with Gasteiger partial charge in [-0.1, -0.05) is 26.8 Å². The van der Waals surface area contributed by atoms with Crippen molar-refractivity contribution in [3.8, 4) is 0 Å². The summed E-state index contributed by atoms with van der Waals surface area (Å²) >= 11 is 0. The highest BCUT2D eigenvalue weighted by Crippen LogP contribution is 2.11. The van der Waals surface area contributed by atoms with Crippen molar-refractivity contribution in [3.05, 3.63) is 30.1 Å². The van der Waals surface area contributed by atoms with Crippen molar-refractivity contribution in [2.45, 2.75) is 27.3 Å². The van der Waals surface area contributed by atoms with Crippen molar-refractivity contribution in [3.63, 3.8) is 0 Å². The molecule has 0 fully saturated rings. The lowest BCUT2D eigenvalue weighted by atomic mass is 9.97. The van der Waals surface area contributed by atoms with Gasteiger partial charge in [-0.2, -0.15) is 0 Å². The molecule has 0 atom stereocenters. The van der Waals surface area contributed by atoms with E-state index in [1.54, 1.807) is 6.33 Å². The third-order valence-electron chi connectivity index (χ3n) is 2.72. The number of fused-ring (bicyclic) bond motifs is 1. The van der Waals surface area contributed by atoms with E-state index in [0.29, 0.717) is 13.1 Å². The van der Waals surface area contributed by atoms with Crippen molar-refractivity contribution < 1.29 is 4.79 Å². The van der Waals surface area contributed by atoms with Crippen molar-refractivity contribution in [1.29, 1.82) is 0 Å². The Morgan fingerprint density at radius 1 is 1.32 bits per heavy atom. The minimum absolute atomic E-state index is 0.0895. The van der Waals surface area contributed by atoms with E-state index < -0.39 is 0 Å². The molecule has 0 aliphatic rings. The summed E-state index contributed by atoms with van der Waals surface area (Å²) in [7, 11) is 0. The molecule has 102 valence electrons. The van der Waals surface area contributed by atoms with Gasteiger partial charge in [-0.15, -0.1) is 0 Å². The molecule has 1 aromatic heterocycles. The van der Waals surface area contributed by atoms with Crippen LogP contribution in [0.3, 0.4) is 0 Å². The number of urea groups is 1. The first-order chi connectivity index (χ1) is 8.94. The van der Waals surface area contributed by atoms with Gasteiger partial charge in [-0.25, -0.2) is 9.78 Å². The molecule has 2 aromatic rings. The summed E-state index contributed by atoms with van der Waals surface area (Å²) < 4.78 is 0. The molecule has 5 nitrogen and oxygen atoms in total. The fourth-order valence-corrected chi connectivity index (χ4v) is 1.68. The highest BCUT2D eigenvalue weighted by Gasteiger charge is 2.11. The molecule has 0 bridgehead atoms. The number of carbonyl (C=O) groups excluding carboxylic acids is 1. The van der Waals surface area contributed by atoms with Crippen molar-refractivity contribution in [2.75, 3.05) is 6.54 Å². The summed E-state index contributed by atoms with van der Waals surface area (Å²) in [6.45, 7) is 7.40. The Hall–Kier alpha value is -2.04. The second-order valence-electron chi connectivity index (χ2n) is 5.85. The number of amides is 2. The van der Waals surface area contributed by atoms with Gasteiger partial charge in [0.15, 0.2) is 0 Å². The number of hydrogen-bond acceptors (Lipinski definition) is 2. The van der Waals surface area contributed by atoms with Crippen LogP contribution in [-0.4, -0.2) is 22.5 Å². The van der Waals surface area contributed by atoms with Crippen LogP contribution in [0.15, 0.2) is 24.5 Å². The molecule has 0 saturated carbocycles. The number of imidazole rings is 1. The predicted molar refractivity (Wildman–Crippen MR) is 75.8 cm³/mol. The molecule has 5 heteroatoms. The van der Waals surface area contributed by atoms with Gasteiger partial charge in [0.2, 0.25) is 0 Å². The van der Waals surface area contributed by atoms with Crippen LogP contribution < -0.4 is 10.6 Å². The van der Waals surface area contributed by atoms with E-state index in [0.717, 1.165) is 16.6 Å². The molecule has 0 aliphatic heterocycles. The Labute approximate surface area is 112 Å². The first-order valence-corrected chi connectivity index (χ1v) is 6.38. The van der Waals surface area contributed by atoms with E-state index in [9.17, 15) is 4.79 Å². The number of H-pyrrole nitrogens is 1. The van der Waals surface area contributed by atoms with Crippen LogP contribution in [0.1, 0.15) is 26.3 Å². The Morgan fingerprint density at radius 3 is 2.84 bits per heavy atom. The number of hydrogen-bond donors (Lipinski definition) is 3. The second-order valence-corrected chi connectivity index (χ2v) is 5.85. The number of aromatic nitrogens is 2. The second kappa shape index (κ2) is 5.30. The number of carbonyl (C=O) groups is 1. The van der Waals surface area contributed by atoms with E-state index >= 15 is 0 Å². The first kappa shape index (κ1) is 13.4. The van der Waals surface area contributed by atoms with Crippen LogP contribution in [0.25, 0.3) is 11.0 Å². The Bertz CT molecular complexity index is 568. The normalized spacial score (nSPS) is 11.5. The summed E-state index contributed by atoms with van der Waals surface area (Å²) in [6, 6.07) is 5.76. The number of aromatic amines is 1. The molecule has 0 radical (unpaired) electrons. The van der Waals surface area contributed by atoms with E-state index in [2.05, 4.69) is 41.4 Å². The molecule has 1 aromatic carbocycles. The van der Waals surface area contributed by atoms with Crippen LogP contribution >= 0.6 is 0 Å². The highest BCUT2D eigenvalue weighted by molar-refractivity contribution is 5.76. The summed E-state index contributed by atoms with van der Waals surface area (Å²) in [4.78, 5) is 18.8. The maximum atomic E-state index is 11.6. The number of rotatable bonds is 3. The van der Waals surface area contributed by atoms with Gasteiger partial charge in [0.1, 0.15) is 0 Å². The van der Waals surface area contributed by atoms with Crippen LogP contribution in [0.4, 0.5) is 4.79 Å². The van der Waals surface area contributed by atoms with Crippen molar-refractivity contribution >= 4 is 17.1 Å². The Morgan fingerprint density at radius 2 is 2.11 bits per heavy atom. The first-order valence-electron chi connectivity index (χ1n) is 6.38. The van der Waals surface area contributed by atoms with E-state index in [4.69, 9.17) is 0 Å². The minimum Gasteiger partial charge on any atom is -0.345 e. The number of nitrogens with zero attached hydrogens (tertiary/aromatic N) is 1. The smallest absolute Gasteiger partial charge is 0.315 e. The van der Waals surface area contributed by atoms with Crippen molar-refractivity contribution in [1.82, 2.24) is 20.6 Å². The van der Waals surface area contributed by atoms with Crippen LogP contribution in [0, 0.1) is 5.41 Å². The van der Waals surface area contributed by atoms with Gasteiger partial charge >= 0.3 is 6.03 Å². The topological polar surface area (TPSA) is 69.8 Å². The van der Waals surface area contributed by atoms with Gasteiger partial charge < -0.3 is 15.6 Å². The standard InChI is InChI=1S/C14H20N4O/c1-14(2,3)8-16-13(19)15-7-10-4-5-11-12(6-10)18-9-17-11/h4-6,9H,7-8H2,1-3H3,(H,17,18)(H2,15,16,19). The molecular weight excluding hydrogens is 240 g/mol. The lowest BCUT2D eigenvalue weighted by Crippen LogP contribution is -2.39. The molecule has 3 N–H and O–H groups in total. The molecule has 0 spiro atoms. The van der Waals surface area contributed by atoms with Crippen LogP contribution in [0.5, 0.6) is 0 Å². The zero-order valence-electron chi connectivity index (χ0n) is 11.6. The van der Waals surface area contributed by atoms with Crippen LogP contribution in [0.2, 0.25) is 0 Å². The largest absolute Gasteiger partial charge is 0.345 e. The molecule has 19 heavy (non-hydrogen) atoms. The number of benzene rings is 1. The van der Waals surface area contributed by atoms with Gasteiger partial charge in [-0.05, 0) is 23.1 Å². The van der Waals surface area contributed by atoms with Gasteiger partial charge in [0.25, 0.3) is 0 Å². The molecule has 2 amide bonds. The molecule has 0 aliphatic carbocycles. The molecule has 2 rings (SSSR count). The summed E-state index contributed by atoms with van der Waals surface area (Å²) in [5.41, 5.74) is 3.05. The van der Waals surface area contributed by atoms with Gasteiger partial charge in [-0.3, -0.25) is 0 Å². The monoisotopic (exact) mass is 260 g/mol. The quantitative estimate of drug-likeness (QED) is 0.793. The Kier molecular flexibility index (Phi) is 3.74. The van der Waals surface area contributed by atoms with Gasteiger partial charge in [0.05, 0.1) is 17.4 Å². The summed E-state index contributed by atoms with van der Waals surface area (Å²) in [5.74, 6) is 0. The predicted octanol–water partition coefficient (Wildman–Crippen LogP) is 2.41.